The van der Waals surface area contributed by atoms with Crippen molar-refractivity contribution in [1.82, 2.24) is 9.55 Å². The first-order valence-electron chi connectivity index (χ1n) is 9.04. The zero-order chi connectivity index (χ0) is 22.8. The van der Waals surface area contributed by atoms with Gasteiger partial charge in [0, 0.05) is 0 Å². The number of halogens is 2. The highest BCUT2D eigenvalue weighted by Gasteiger charge is 2.20. The summed E-state index contributed by atoms with van der Waals surface area (Å²) in [4.78, 5) is 22.4. The van der Waals surface area contributed by atoms with Crippen molar-refractivity contribution in [2.45, 2.75) is 0 Å². The largest absolute Gasteiger partial charge is 0.494 e. The van der Waals surface area contributed by atoms with Crippen LogP contribution in [-0.2, 0) is 0 Å². The van der Waals surface area contributed by atoms with E-state index in [9.17, 15) is 9.90 Å². The van der Waals surface area contributed by atoms with Crippen LogP contribution in [-0.4, -0.2) is 31.0 Å². The van der Waals surface area contributed by atoms with Gasteiger partial charge in [0.05, 0.1) is 11.3 Å². The van der Waals surface area contributed by atoms with Crippen LogP contribution in [0.5, 0.6) is 17.4 Å². The molecule has 0 fully saturated rings. The van der Waals surface area contributed by atoms with Crippen LogP contribution in [0, 0.1) is 10.2 Å². The van der Waals surface area contributed by atoms with E-state index in [4.69, 9.17) is 45.6 Å². The molecular weight excluding hydrogens is 473 g/mol. The molecule has 0 atom stereocenters. The van der Waals surface area contributed by atoms with E-state index in [2.05, 4.69) is 15.0 Å². The molecule has 3 aromatic rings. The Hall–Kier alpha value is -3.53. The zero-order valence-corrected chi connectivity index (χ0v) is 18.4. The summed E-state index contributed by atoms with van der Waals surface area (Å²) < 4.78 is 7.02. The van der Waals surface area contributed by atoms with Gasteiger partial charge in [-0.15, -0.1) is 0 Å². The average Bonchev–Trinajstić information content (AvgIpc) is 2.74. The molecule has 1 aromatic heterocycles. The Morgan fingerprint density at radius 2 is 1.62 bits per heavy atom. The SMILES string of the molecule is N=C1N=C(Cl)C(=Cc2c(O)n(-c3ccc(Oc4ccccc4)cc3)c(=S)[nH]c2=O)C(Cl)=N1. The summed E-state index contributed by atoms with van der Waals surface area (Å²) in [6, 6.07) is 16.0. The van der Waals surface area contributed by atoms with Gasteiger partial charge in [-0.3, -0.25) is 19.8 Å². The fourth-order valence-corrected chi connectivity index (χ4v) is 3.66. The Balaban J connectivity index is 1.75. The highest BCUT2D eigenvalue weighted by molar-refractivity contribution is 7.71. The summed E-state index contributed by atoms with van der Waals surface area (Å²) in [6.45, 7) is 0. The zero-order valence-electron chi connectivity index (χ0n) is 16.0. The predicted octanol–water partition coefficient (Wildman–Crippen LogP) is 5.00. The van der Waals surface area contributed by atoms with Crippen molar-refractivity contribution in [3.63, 3.8) is 0 Å². The number of aromatic hydroxyl groups is 1. The summed E-state index contributed by atoms with van der Waals surface area (Å²) in [7, 11) is 0. The first-order valence-corrected chi connectivity index (χ1v) is 10.2. The molecule has 1 aliphatic heterocycles. The smallest absolute Gasteiger partial charge is 0.262 e. The van der Waals surface area contributed by atoms with Crippen molar-refractivity contribution < 1.29 is 9.84 Å². The minimum atomic E-state index is -0.658. The van der Waals surface area contributed by atoms with Crippen LogP contribution in [0.2, 0.25) is 0 Å². The first kappa shape index (κ1) is 21.7. The Morgan fingerprint density at radius 1 is 1.03 bits per heavy atom. The second-order valence-electron chi connectivity index (χ2n) is 6.43. The number of guanidine groups is 1. The standard InChI is InChI=1S/C21H13Cl2N5O3S/c22-16-14(17(23)26-20(24)25-16)10-15-18(29)27-21(32)28(19(15)30)11-6-8-13(9-7-11)31-12-4-2-1-3-5-12/h1-10,24,30H,(H,27,29,32). The van der Waals surface area contributed by atoms with E-state index in [0.29, 0.717) is 17.2 Å². The Bertz CT molecular complexity index is 1400. The number of hydrogen-bond donors (Lipinski definition) is 3. The molecule has 11 heteroatoms. The molecule has 0 unspecified atom stereocenters. The Kier molecular flexibility index (Phi) is 6.04. The van der Waals surface area contributed by atoms with Crippen molar-refractivity contribution in [2.75, 3.05) is 0 Å². The summed E-state index contributed by atoms with van der Waals surface area (Å²) in [5, 5.41) is 18.0. The number of aromatic amines is 1. The van der Waals surface area contributed by atoms with Crippen LogP contribution >= 0.6 is 35.4 Å². The number of hydrogen-bond acceptors (Lipinski definition) is 5. The van der Waals surface area contributed by atoms with Crippen LogP contribution in [0.25, 0.3) is 11.8 Å². The van der Waals surface area contributed by atoms with Crippen molar-refractivity contribution in [1.29, 1.82) is 5.41 Å². The molecule has 0 amide bonds. The van der Waals surface area contributed by atoms with Gasteiger partial charge in [0.1, 0.15) is 27.4 Å². The molecule has 4 rings (SSSR count). The number of nitrogens with one attached hydrogen (secondary N) is 2. The van der Waals surface area contributed by atoms with E-state index >= 15 is 0 Å². The lowest BCUT2D eigenvalue weighted by Crippen LogP contribution is -2.18. The van der Waals surface area contributed by atoms with Gasteiger partial charge in [-0.25, -0.2) is 0 Å². The van der Waals surface area contributed by atoms with Gasteiger partial charge in [0.2, 0.25) is 11.8 Å². The molecule has 0 saturated carbocycles. The number of ether oxygens (including phenoxy) is 1. The molecule has 2 heterocycles. The van der Waals surface area contributed by atoms with Crippen molar-refractivity contribution in [2.24, 2.45) is 9.98 Å². The maximum atomic E-state index is 12.5. The fraction of sp³-hybridized carbons (Fsp3) is 0. The third kappa shape index (κ3) is 4.40. The monoisotopic (exact) mass is 485 g/mol. The number of para-hydroxylation sites is 1. The third-order valence-electron chi connectivity index (χ3n) is 4.34. The highest BCUT2D eigenvalue weighted by atomic mass is 35.5. The van der Waals surface area contributed by atoms with E-state index in [-0.39, 0.29) is 32.2 Å². The lowest BCUT2D eigenvalue weighted by molar-refractivity contribution is 0.431. The van der Waals surface area contributed by atoms with Gasteiger partial charge in [-0.1, -0.05) is 41.4 Å². The average molecular weight is 486 g/mol. The van der Waals surface area contributed by atoms with Gasteiger partial charge >= 0.3 is 0 Å². The quantitative estimate of drug-likeness (QED) is 0.450. The Labute approximate surface area is 196 Å². The van der Waals surface area contributed by atoms with Crippen LogP contribution in [0.15, 0.2) is 74.9 Å². The summed E-state index contributed by atoms with van der Waals surface area (Å²) >= 11 is 17.3. The number of aliphatic imine (C=N–C) groups is 2. The number of benzene rings is 2. The van der Waals surface area contributed by atoms with E-state index in [1.165, 1.54) is 10.6 Å². The van der Waals surface area contributed by atoms with Crippen LogP contribution in [0.3, 0.4) is 0 Å². The number of allylic oxidation sites excluding steroid dienone is 1. The normalized spacial score (nSPS) is 13.4. The van der Waals surface area contributed by atoms with Crippen molar-refractivity contribution in [3.8, 4) is 23.1 Å². The second-order valence-corrected chi connectivity index (χ2v) is 7.53. The van der Waals surface area contributed by atoms with Gasteiger partial charge in [-0.05, 0) is 54.7 Å². The van der Waals surface area contributed by atoms with Gasteiger partial charge in [-0.2, -0.15) is 9.98 Å². The summed E-state index contributed by atoms with van der Waals surface area (Å²) in [5.41, 5.74) is -0.252. The van der Waals surface area contributed by atoms with Crippen LogP contribution in [0.1, 0.15) is 5.56 Å². The molecule has 0 spiro atoms. The number of rotatable bonds is 4. The van der Waals surface area contributed by atoms with Crippen molar-refractivity contribution >= 4 is 57.8 Å². The molecule has 0 saturated heterocycles. The molecule has 3 N–H and O–H groups in total. The fourth-order valence-electron chi connectivity index (χ4n) is 2.88. The number of H-pyrrole nitrogens is 1. The molecule has 8 nitrogen and oxygen atoms in total. The molecule has 32 heavy (non-hydrogen) atoms. The lowest BCUT2D eigenvalue weighted by atomic mass is 10.2. The van der Waals surface area contributed by atoms with Crippen LogP contribution < -0.4 is 10.3 Å². The van der Waals surface area contributed by atoms with Gasteiger partial charge in [0.15, 0.2) is 4.77 Å². The molecule has 0 bridgehead atoms. The van der Waals surface area contributed by atoms with Gasteiger partial charge < -0.3 is 9.84 Å². The maximum Gasteiger partial charge on any atom is 0.262 e. The first-order chi connectivity index (χ1) is 15.3. The van der Waals surface area contributed by atoms with Crippen molar-refractivity contribution in [3.05, 3.63) is 80.9 Å². The third-order valence-corrected chi connectivity index (χ3v) is 5.20. The highest BCUT2D eigenvalue weighted by Crippen LogP contribution is 2.27. The van der Waals surface area contributed by atoms with E-state index < -0.39 is 11.4 Å². The predicted molar refractivity (Wildman–Crippen MR) is 128 cm³/mol. The lowest BCUT2D eigenvalue weighted by Gasteiger charge is -2.13. The molecule has 0 aliphatic carbocycles. The molecule has 0 radical (unpaired) electrons. The molecular formula is C21H13Cl2N5O3S. The maximum absolute atomic E-state index is 12.5. The second kappa shape index (κ2) is 8.91. The van der Waals surface area contributed by atoms with E-state index in [0.717, 1.165) is 0 Å². The summed E-state index contributed by atoms with van der Waals surface area (Å²) in [5.74, 6) is 0.449. The van der Waals surface area contributed by atoms with Crippen LogP contribution in [0.4, 0.5) is 0 Å². The minimum absolute atomic E-state index is 0.0173. The topological polar surface area (TPSA) is 116 Å². The molecule has 160 valence electrons. The minimum Gasteiger partial charge on any atom is -0.494 e. The van der Waals surface area contributed by atoms with E-state index in [1.807, 2.05) is 30.3 Å². The van der Waals surface area contributed by atoms with E-state index in [1.54, 1.807) is 24.3 Å². The van der Waals surface area contributed by atoms with Gasteiger partial charge in [0.25, 0.3) is 5.56 Å². The Morgan fingerprint density at radius 3 is 2.25 bits per heavy atom. The number of aromatic nitrogens is 2. The molecule has 2 aromatic carbocycles. The molecule has 1 aliphatic rings. The number of nitrogens with zero attached hydrogens (tertiary/aromatic N) is 3. The summed E-state index contributed by atoms with van der Waals surface area (Å²) in [6.07, 6.45) is 1.23.